The molecule has 0 radical (unpaired) electrons. The second-order valence-electron chi connectivity index (χ2n) is 4.88. The zero-order valence-electron chi connectivity index (χ0n) is 11.8. The first-order valence-corrected chi connectivity index (χ1v) is 7.75. The number of nitrogens with one attached hydrogen (secondary N) is 1. The number of carbonyl (C=O) groups excluding carboxylic acids is 1. The number of hydrogen-bond donors (Lipinski definition) is 1. The number of halogens is 2. The van der Waals surface area contributed by atoms with Crippen molar-refractivity contribution in [3.63, 3.8) is 0 Å². The second kappa shape index (κ2) is 7.36. The van der Waals surface area contributed by atoms with Crippen LogP contribution >= 0.6 is 15.9 Å². The zero-order valence-corrected chi connectivity index (χ0v) is 13.4. The van der Waals surface area contributed by atoms with E-state index in [2.05, 4.69) is 28.2 Å². The van der Waals surface area contributed by atoms with Crippen molar-refractivity contribution in [2.45, 2.75) is 26.2 Å². The molecule has 0 heterocycles. The van der Waals surface area contributed by atoms with E-state index in [1.165, 1.54) is 23.8 Å². The maximum absolute atomic E-state index is 13.1. The average molecular weight is 350 g/mol. The first-order chi connectivity index (χ1) is 10.1. The summed E-state index contributed by atoms with van der Waals surface area (Å²) in [5.41, 5.74) is 2.22. The summed E-state index contributed by atoms with van der Waals surface area (Å²) in [5, 5.41) is 2.78. The quantitative estimate of drug-likeness (QED) is 0.791. The summed E-state index contributed by atoms with van der Waals surface area (Å²) in [4.78, 5) is 12.1. The lowest BCUT2D eigenvalue weighted by Gasteiger charge is -2.09. The minimum Gasteiger partial charge on any atom is -0.321 e. The molecular weight excluding hydrogens is 333 g/mol. The highest BCUT2D eigenvalue weighted by atomic mass is 79.9. The third-order valence-electron chi connectivity index (χ3n) is 3.19. The number of anilines is 1. The molecule has 0 saturated heterocycles. The molecule has 0 fully saturated rings. The summed E-state index contributed by atoms with van der Waals surface area (Å²) in [6.07, 6.45) is 3.31. The molecule has 110 valence electrons. The lowest BCUT2D eigenvalue weighted by molar-refractivity contribution is 0.102. The van der Waals surface area contributed by atoms with Crippen LogP contribution in [0.4, 0.5) is 10.1 Å². The zero-order chi connectivity index (χ0) is 15.2. The van der Waals surface area contributed by atoms with Crippen molar-refractivity contribution in [2.75, 3.05) is 5.32 Å². The molecule has 2 aromatic rings. The summed E-state index contributed by atoms with van der Waals surface area (Å²) >= 11 is 3.47. The number of unbranched alkanes of at least 4 members (excludes halogenated alkanes) is 1. The first kappa shape index (κ1) is 15.7. The topological polar surface area (TPSA) is 29.1 Å². The van der Waals surface area contributed by atoms with Crippen LogP contribution in [0.3, 0.4) is 0 Å². The van der Waals surface area contributed by atoms with Crippen LogP contribution in [0.1, 0.15) is 35.7 Å². The van der Waals surface area contributed by atoms with E-state index in [9.17, 15) is 9.18 Å². The highest BCUT2D eigenvalue weighted by molar-refractivity contribution is 9.10. The van der Waals surface area contributed by atoms with Gasteiger partial charge in [0.25, 0.3) is 5.91 Å². The highest BCUT2D eigenvalue weighted by Crippen LogP contribution is 2.25. The van der Waals surface area contributed by atoms with Gasteiger partial charge in [0.15, 0.2) is 0 Å². The fourth-order valence-electron chi connectivity index (χ4n) is 2.02. The summed E-state index contributed by atoms with van der Waals surface area (Å²) in [6, 6.07) is 11.5. The van der Waals surface area contributed by atoms with E-state index in [0.29, 0.717) is 11.3 Å². The Morgan fingerprint density at radius 3 is 2.71 bits per heavy atom. The monoisotopic (exact) mass is 349 g/mol. The summed E-state index contributed by atoms with van der Waals surface area (Å²) in [5.74, 6) is -0.742. The number of carbonyl (C=O) groups is 1. The van der Waals surface area contributed by atoms with Crippen LogP contribution in [-0.4, -0.2) is 5.91 Å². The molecule has 0 aliphatic heterocycles. The van der Waals surface area contributed by atoms with Crippen LogP contribution < -0.4 is 5.32 Å². The Morgan fingerprint density at radius 1 is 1.24 bits per heavy atom. The molecule has 1 amide bonds. The van der Waals surface area contributed by atoms with E-state index in [1.807, 2.05) is 18.2 Å². The van der Waals surface area contributed by atoms with Crippen molar-refractivity contribution in [1.29, 1.82) is 0 Å². The Labute approximate surface area is 132 Å². The van der Waals surface area contributed by atoms with Gasteiger partial charge in [-0.15, -0.1) is 0 Å². The maximum atomic E-state index is 13.1. The summed E-state index contributed by atoms with van der Waals surface area (Å²) in [7, 11) is 0. The van der Waals surface area contributed by atoms with Crippen LogP contribution in [0.2, 0.25) is 0 Å². The minimum absolute atomic E-state index is 0.303. The molecule has 1 N–H and O–H groups in total. The highest BCUT2D eigenvalue weighted by Gasteiger charge is 2.09. The molecule has 2 rings (SSSR count). The fourth-order valence-corrected chi connectivity index (χ4v) is 2.55. The largest absolute Gasteiger partial charge is 0.321 e. The van der Waals surface area contributed by atoms with Gasteiger partial charge in [-0.2, -0.15) is 0 Å². The van der Waals surface area contributed by atoms with Crippen LogP contribution in [0.15, 0.2) is 46.9 Å². The molecule has 0 aromatic heterocycles. The minimum atomic E-state index is -0.420. The fraction of sp³-hybridized carbons (Fsp3) is 0.235. The molecule has 2 nitrogen and oxygen atoms in total. The van der Waals surface area contributed by atoms with Gasteiger partial charge in [-0.3, -0.25) is 4.79 Å². The van der Waals surface area contributed by atoms with E-state index in [0.717, 1.165) is 23.7 Å². The molecule has 0 unspecified atom stereocenters. The predicted molar refractivity (Wildman–Crippen MR) is 87.1 cm³/mol. The van der Waals surface area contributed by atoms with Gasteiger partial charge in [0, 0.05) is 10.0 Å². The number of rotatable bonds is 5. The van der Waals surface area contributed by atoms with E-state index >= 15 is 0 Å². The molecule has 0 aliphatic carbocycles. The van der Waals surface area contributed by atoms with Crippen LogP contribution in [0, 0.1) is 5.82 Å². The van der Waals surface area contributed by atoms with Crippen molar-refractivity contribution in [2.24, 2.45) is 0 Å². The van der Waals surface area contributed by atoms with Crippen LogP contribution in [0.25, 0.3) is 0 Å². The third-order valence-corrected chi connectivity index (χ3v) is 3.84. The molecule has 0 bridgehead atoms. The lowest BCUT2D eigenvalue weighted by Crippen LogP contribution is -2.12. The average Bonchev–Trinajstić information content (AvgIpc) is 2.47. The van der Waals surface area contributed by atoms with Crippen molar-refractivity contribution in [1.82, 2.24) is 0 Å². The van der Waals surface area contributed by atoms with Gasteiger partial charge in [-0.05, 0) is 64.7 Å². The van der Waals surface area contributed by atoms with Crippen LogP contribution in [0.5, 0.6) is 0 Å². The van der Waals surface area contributed by atoms with Gasteiger partial charge in [-0.25, -0.2) is 4.39 Å². The van der Waals surface area contributed by atoms with Crippen LogP contribution in [-0.2, 0) is 6.42 Å². The van der Waals surface area contributed by atoms with Crippen molar-refractivity contribution in [3.8, 4) is 0 Å². The molecule has 0 atom stereocenters. The Bertz CT molecular complexity index is 642. The van der Waals surface area contributed by atoms with Gasteiger partial charge < -0.3 is 5.32 Å². The van der Waals surface area contributed by atoms with Gasteiger partial charge in [0.2, 0.25) is 0 Å². The van der Waals surface area contributed by atoms with Gasteiger partial charge >= 0.3 is 0 Å². The Kier molecular flexibility index (Phi) is 5.51. The number of aryl methyl sites for hydroxylation is 1. The maximum Gasteiger partial charge on any atom is 0.255 e. The summed E-state index contributed by atoms with van der Waals surface area (Å²) in [6.45, 7) is 2.16. The van der Waals surface area contributed by atoms with Gasteiger partial charge in [0.1, 0.15) is 5.82 Å². The van der Waals surface area contributed by atoms with E-state index < -0.39 is 5.82 Å². The van der Waals surface area contributed by atoms with Gasteiger partial charge in [0.05, 0.1) is 5.69 Å². The molecular formula is C17H17BrFNO. The smallest absolute Gasteiger partial charge is 0.255 e. The Hall–Kier alpha value is -1.68. The number of hydrogen-bond acceptors (Lipinski definition) is 1. The van der Waals surface area contributed by atoms with Crippen molar-refractivity contribution < 1.29 is 9.18 Å². The molecule has 0 aliphatic rings. The van der Waals surface area contributed by atoms with E-state index in [-0.39, 0.29) is 5.91 Å². The summed E-state index contributed by atoms with van der Waals surface area (Å²) < 4.78 is 14.0. The molecule has 0 saturated carbocycles. The van der Waals surface area contributed by atoms with Crippen molar-refractivity contribution in [3.05, 3.63) is 63.9 Å². The Balaban J connectivity index is 2.10. The SMILES string of the molecule is CCCCc1ccc(NC(=O)c2cccc(F)c2)c(Br)c1. The second-order valence-corrected chi connectivity index (χ2v) is 5.74. The molecule has 4 heteroatoms. The number of amides is 1. The predicted octanol–water partition coefficient (Wildman–Crippen LogP) is 5.18. The van der Waals surface area contributed by atoms with Gasteiger partial charge in [-0.1, -0.05) is 25.5 Å². The lowest BCUT2D eigenvalue weighted by atomic mass is 10.1. The van der Waals surface area contributed by atoms with E-state index in [4.69, 9.17) is 0 Å². The first-order valence-electron chi connectivity index (χ1n) is 6.95. The number of benzene rings is 2. The van der Waals surface area contributed by atoms with E-state index in [1.54, 1.807) is 6.07 Å². The normalized spacial score (nSPS) is 10.4. The molecule has 2 aromatic carbocycles. The third kappa shape index (κ3) is 4.39. The Morgan fingerprint density at radius 2 is 2.05 bits per heavy atom. The molecule has 0 spiro atoms. The molecule has 21 heavy (non-hydrogen) atoms. The van der Waals surface area contributed by atoms with Crippen molar-refractivity contribution >= 4 is 27.5 Å². The standard InChI is InChI=1S/C17H17BrFNO/c1-2-3-5-12-8-9-16(15(18)10-12)20-17(21)13-6-4-7-14(19)11-13/h4,6-11H,2-3,5H2,1H3,(H,20,21).